The van der Waals surface area contributed by atoms with E-state index in [1.54, 1.807) is 18.2 Å². The highest BCUT2D eigenvalue weighted by Crippen LogP contribution is 2.28. The Morgan fingerprint density at radius 2 is 1.41 bits per heavy atom. The molecule has 0 aliphatic heterocycles. The molecule has 0 spiro atoms. The van der Waals surface area contributed by atoms with E-state index < -0.39 is 0 Å². The number of ether oxygens (including phenoxy) is 3. The van der Waals surface area contributed by atoms with Gasteiger partial charge < -0.3 is 18.6 Å². The van der Waals surface area contributed by atoms with E-state index in [0.717, 1.165) is 17.1 Å². The first-order chi connectivity index (χ1) is 17.8. The van der Waals surface area contributed by atoms with Gasteiger partial charge in [0.15, 0.2) is 0 Å². The zero-order chi connectivity index (χ0) is 25.8. The van der Waals surface area contributed by atoms with E-state index >= 15 is 0 Å². The van der Waals surface area contributed by atoms with Crippen molar-refractivity contribution in [1.82, 2.24) is 0 Å². The SMILES string of the molecule is CC(C)(C)c1ccc(Oc2coc3cc(OCc4cccc(Oc5ccccc5)c4)ccc3c2=O)cc1. The lowest BCUT2D eigenvalue weighted by atomic mass is 9.87. The highest BCUT2D eigenvalue weighted by atomic mass is 16.5. The van der Waals surface area contributed by atoms with E-state index in [4.69, 9.17) is 18.6 Å². The van der Waals surface area contributed by atoms with Crippen LogP contribution in [0.25, 0.3) is 11.0 Å². The average Bonchev–Trinajstić information content (AvgIpc) is 2.90. The number of hydrogen-bond acceptors (Lipinski definition) is 5. The molecule has 5 aromatic rings. The van der Waals surface area contributed by atoms with E-state index in [-0.39, 0.29) is 16.6 Å². The molecule has 186 valence electrons. The van der Waals surface area contributed by atoms with Crippen LogP contribution in [0.3, 0.4) is 0 Å². The molecule has 0 amide bonds. The molecule has 1 heterocycles. The Bertz CT molecular complexity index is 1560. The van der Waals surface area contributed by atoms with Gasteiger partial charge in [-0.15, -0.1) is 0 Å². The molecule has 5 nitrogen and oxygen atoms in total. The van der Waals surface area contributed by atoms with Crippen molar-refractivity contribution in [2.75, 3.05) is 0 Å². The summed E-state index contributed by atoms with van der Waals surface area (Å²) in [5.41, 5.74) is 2.38. The molecule has 0 N–H and O–H groups in total. The molecule has 0 saturated heterocycles. The van der Waals surface area contributed by atoms with Crippen molar-refractivity contribution in [2.24, 2.45) is 0 Å². The number of rotatable bonds is 7. The van der Waals surface area contributed by atoms with Crippen LogP contribution in [0.5, 0.6) is 28.7 Å². The Hall–Kier alpha value is -4.51. The lowest BCUT2D eigenvalue weighted by Crippen LogP contribution is -2.10. The van der Waals surface area contributed by atoms with Crippen molar-refractivity contribution in [3.05, 3.63) is 125 Å². The Kier molecular flexibility index (Phi) is 6.69. The zero-order valence-corrected chi connectivity index (χ0v) is 21.1. The summed E-state index contributed by atoms with van der Waals surface area (Å²) in [5, 5.41) is 0.425. The van der Waals surface area contributed by atoms with Crippen molar-refractivity contribution in [3.63, 3.8) is 0 Å². The van der Waals surface area contributed by atoms with Crippen molar-refractivity contribution >= 4 is 11.0 Å². The van der Waals surface area contributed by atoms with Crippen LogP contribution in [-0.2, 0) is 12.0 Å². The Morgan fingerprint density at radius 1 is 0.703 bits per heavy atom. The van der Waals surface area contributed by atoms with Crippen LogP contribution in [0.1, 0.15) is 31.9 Å². The van der Waals surface area contributed by atoms with Gasteiger partial charge in [0, 0.05) is 6.07 Å². The van der Waals surface area contributed by atoms with Crippen molar-refractivity contribution in [2.45, 2.75) is 32.8 Å². The summed E-state index contributed by atoms with van der Waals surface area (Å²) < 4.78 is 23.4. The Labute approximate surface area is 215 Å². The van der Waals surface area contributed by atoms with Gasteiger partial charge in [0.25, 0.3) is 0 Å². The molecule has 5 rings (SSSR count). The molecule has 4 aromatic carbocycles. The summed E-state index contributed by atoms with van der Waals surface area (Å²) in [6.07, 6.45) is 1.34. The quantitative estimate of drug-likeness (QED) is 0.229. The predicted octanol–water partition coefficient (Wildman–Crippen LogP) is 8.25. The second-order valence-corrected chi connectivity index (χ2v) is 9.81. The monoisotopic (exact) mass is 492 g/mol. The minimum Gasteiger partial charge on any atom is -0.489 e. The van der Waals surface area contributed by atoms with Crippen molar-refractivity contribution in [1.29, 1.82) is 0 Å². The van der Waals surface area contributed by atoms with Crippen molar-refractivity contribution in [3.8, 4) is 28.7 Å². The average molecular weight is 493 g/mol. The van der Waals surface area contributed by atoms with E-state index in [0.29, 0.717) is 29.1 Å². The molecule has 0 fully saturated rings. The van der Waals surface area contributed by atoms with Crippen LogP contribution in [-0.4, -0.2) is 0 Å². The van der Waals surface area contributed by atoms with Crippen molar-refractivity contribution < 1.29 is 18.6 Å². The van der Waals surface area contributed by atoms with Gasteiger partial charge in [0.05, 0.1) is 5.39 Å². The summed E-state index contributed by atoms with van der Waals surface area (Å²) in [7, 11) is 0. The lowest BCUT2D eigenvalue weighted by Gasteiger charge is -2.19. The fourth-order valence-corrected chi connectivity index (χ4v) is 3.89. The summed E-state index contributed by atoms with van der Waals surface area (Å²) >= 11 is 0. The van der Waals surface area contributed by atoms with Gasteiger partial charge in [0.1, 0.15) is 41.5 Å². The number of benzene rings is 4. The molecule has 0 unspecified atom stereocenters. The Balaban J connectivity index is 1.27. The second-order valence-electron chi connectivity index (χ2n) is 9.81. The molecule has 0 bridgehead atoms. The van der Waals surface area contributed by atoms with Crippen LogP contribution >= 0.6 is 0 Å². The van der Waals surface area contributed by atoms with Crippen LogP contribution in [0.2, 0.25) is 0 Å². The number of fused-ring (bicyclic) bond motifs is 1. The van der Waals surface area contributed by atoms with Crippen LogP contribution in [0, 0.1) is 0 Å². The van der Waals surface area contributed by atoms with E-state index in [9.17, 15) is 4.79 Å². The third kappa shape index (κ3) is 5.84. The van der Waals surface area contributed by atoms with Gasteiger partial charge in [-0.25, -0.2) is 0 Å². The maximum atomic E-state index is 13.0. The third-order valence-corrected chi connectivity index (χ3v) is 5.95. The van der Waals surface area contributed by atoms with Crippen LogP contribution in [0.15, 0.2) is 113 Å². The summed E-state index contributed by atoms with van der Waals surface area (Å²) in [5.74, 6) is 2.82. The molecule has 0 atom stereocenters. The molecule has 1 aromatic heterocycles. The maximum Gasteiger partial charge on any atom is 0.235 e. The number of para-hydroxylation sites is 1. The second kappa shape index (κ2) is 10.2. The molecule has 0 saturated carbocycles. The summed E-state index contributed by atoms with van der Waals surface area (Å²) in [4.78, 5) is 13.0. The highest BCUT2D eigenvalue weighted by molar-refractivity contribution is 5.79. The van der Waals surface area contributed by atoms with E-state index in [1.807, 2.05) is 78.9 Å². The standard InChI is InChI=1S/C32H28O5/c1-32(2,3)23-12-14-25(15-13-23)37-30-21-35-29-19-26(16-17-28(29)31(30)33)34-20-22-8-7-11-27(18-22)36-24-9-5-4-6-10-24/h4-19,21H,20H2,1-3H3. The predicted molar refractivity (Wildman–Crippen MR) is 145 cm³/mol. The third-order valence-electron chi connectivity index (χ3n) is 5.95. The first-order valence-corrected chi connectivity index (χ1v) is 12.1. The topological polar surface area (TPSA) is 57.9 Å². The molecule has 0 radical (unpaired) electrons. The zero-order valence-electron chi connectivity index (χ0n) is 21.1. The molecule has 5 heteroatoms. The Morgan fingerprint density at radius 3 is 2.16 bits per heavy atom. The van der Waals surface area contributed by atoms with Gasteiger partial charge in [-0.1, -0.05) is 63.2 Å². The molecule has 0 aliphatic rings. The van der Waals surface area contributed by atoms with Crippen LogP contribution in [0.4, 0.5) is 0 Å². The molecule has 37 heavy (non-hydrogen) atoms. The van der Waals surface area contributed by atoms with Gasteiger partial charge in [-0.3, -0.25) is 4.79 Å². The largest absolute Gasteiger partial charge is 0.489 e. The summed E-state index contributed by atoms with van der Waals surface area (Å²) in [6, 6.07) is 30.3. The fraction of sp³-hybridized carbons (Fsp3) is 0.156. The molecular weight excluding hydrogens is 464 g/mol. The minimum atomic E-state index is -0.238. The molecular formula is C32H28O5. The van der Waals surface area contributed by atoms with Gasteiger partial charge in [-0.2, -0.15) is 0 Å². The van der Waals surface area contributed by atoms with Gasteiger partial charge >= 0.3 is 0 Å². The molecule has 0 aliphatic carbocycles. The first-order valence-electron chi connectivity index (χ1n) is 12.1. The van der Waals surface area contributed by atoms with Crippen LogP contribution < -0.4 is 19.6 Å². The first kappa shape index (κ1) is 24.2. The van der Waals surface area contributed by atoms with Gasteiger partial charge in [-0.05, 0) is 65.1 Å². The maximum absolute atomic E-state index is 13.0. The normalized spacial score (nSPS) is 11.3. The number of hydrogen-bond donors (Lipinski definition) is 0. The summed E-state index contributed by atoms with van der Waals surface area (Å²) in [6.45, 7) is 6.79. The lowest BCUT2D eigenvalue weighted by molar-refractivity contribution is 0.305. The fourth-order valence-electron chi connectivity index (χ4n) is 3.89. The highest BCUT2D eigenvalue weighted by Gasteiger charge is 2.14. The van der Waals surface area contributed by atoms with Gasteiger partial charge in [0.2, 0.25) is 11.2 Å². The van der Waals surface area contributed by atoms with E-state index in [1.165, 1.54) is 11.8 Å². The van der Waals surface area contributed by atoms with E-state index in [2.05, 4.69) is 20.8 Å². The minimum absolute atomic E-state index is 0.0407. The smallest absolute Gasteiger partial charge is 0.235 e.